The zero-order valence-electron chi connectivity index (χ0n) is 21.6. The molecule has 0 saturated heterocycles. The maximum Gasteiger partial charge on any atom is 0.322 e. The number of amides is 2. The van der Waals surface area contributed by atoms with Crippen LogP contribution >= 0.6 is 35.1 Å². The van der Waals surface area contributed by atoms with E-state index >= 15 is 0 Å². The van der Waals surface area contributed by atoms with Gasteiger partial charge in [0.05, 0.1) is 12.2 Å². The fourth-order valence-electron chi connectivity index (χ4n) is 4.22. The lowest BCUT2D eigenvalue weighted by Gasteiger charge is -2.26. The Labute approximate surface area is 231 Å². The van der Waals surface area contributed by atoms with Crippen LogP contribution in [-0.2, 0) is 6.54 Å². The van der Waals surface area contributed by atoms with Crippen molar-refractivity contribution in [3.63, 3.8) is 0 Å². The summed E-state index contributed by atoms with van der Waals surface area (Å²) >= 11 is 9.33. The molecular weight excluding hydrogens is 522 g/mol. The van der Waals surface area contributed by atoms with Crippen LogP contribution in [0.15, 0.2) is 75.0 Å². The molecule has 0 fully saturated rings. The standard InChI is InChI=1S/C29H30ClN3O2S2/c1-6-7-14-31-29(34)33(27-25(36-4)16-19(3)32-28(27)37-5)17-24-26(20-9-11-21(30)12-10-20)22-15-18(2)8-13-23(22)35-24/h6-13,15-16H,14,17H2,1-5H3,(H,31,34)/b7-6+. The van der Waals surface area contributed by atoms with Crippen molar-refractivity contribution in [1.82, 2.24) is 10.3 Å². The Morgan fingerprint density at radius 2 is 1.86 bits per heavy atom. The van der Waals surface area contributed by atoms with E-state index in [1.807, 2.05) is 81.0 Å². The number of fused-ring (bicyclic) bond motifs is 1. The molecule has 2 aromatic carbocycles. The van der Waals surface area contributed by atoms with Crippen LogP contribution in [0.4, 0.5) is 10.5 Å². The second-order valence-corrected chi connectivity index (χ2v) is 10.7. The number of nitrogens with one attached hydrogen (secondary N) is 1. The van der Waals surface area contributed by atoms with Crippen molar-refractivity contribution in [3.8, 4) is 11.1 Å². The van der Waals surface area contributed by atoms with Crippen LogP contribution in [0, 0.1) is 13.8 Å². The highest BCUT2D eigenvalue weighted by molar-refractivity contribution is 7.99. The molecule has 2 amide bonds. The summed E-state index contributed by atoms with van der Waals surface area (Å²) in [6, 6.07) is 15.7. The number of benzene rings is 2. The van der Waals surface area contributed by atoms with Gasteiger partial charge in [-0.15, -0.1) is 23.5 Å². The number of halogens is 1. The van der Waals surface area contributed by atoms with Crippen LogP contribution in [0.25, 0.3) is 22.1 Å². The van der Waals surface area contributed by atoms with E-state index in [0.717, 1.165) is 49.0 Å². The normalized spacial score (nSPS) is 11.4. The molecule has 2 heterocycles. The van der Waals surface area contributed by atoms with Gasteiger partial charge in [0, 0.05) is 33.1 Å². The molecule has 37 heavy (non-hydrogen) atoms. The van der Waals surface area contributed by atoms with Crippen LogP contribution in [0.2, 0.25) is 5.02 Å². The summed E-state index contributed by atoms with van der Waals surface area (Å²) in [5.74, 6) is 0.698. The van der Waals surface area contributed by atoms with Gasteiger partial charge in [-0.05, 0) is 69.2 Å². The van der Waals surface area contributed by atoms with E-state index in [-0.39, 0.29) is 12.6 Å². The summed E-state index contributed by atoms with van der Waals surface area (Å²) in [4.78, 5) is 21.2. The molecule has 1 N–H and O–H groups in total. The number of rotatable bonds is 8. The molecule has 0 spiro atoms. The van der Waals surface area contributed by atoms with Crippen LogP contribution in [0.1, 0.15) is 23.9 Å². The van der Waals surface area contributed by atoms with Gasteiger partial charge in [0.1, 0.15) is 16.4 Å². The van der Waals surface area contributed by atoms with Gasteiger partial charge in [0.2, 0.25) is 0 Å². The lowest BCUT2D eigenvalue weighted by molar-refractivity contribution is 0.246. The molecule has 4 rings (SSSR count). The number of allylic oxidation sites excluding steroid dienone is 1. The van der Waals surface area contributed by atoms with Gasteiger partial charge in [-0.1, -0.05) is 47.5 Å². The molecular formula is C29H30ClN3O2S2. The first-order valence-electron chi connectivity index (χ1n) is 11.9. The molecule has 2 aromatic heterocycles. The lowest BCUT2D eigenvalue weighted by Crippen LogP contribution is -2.40. The van der Waals surface area contributed by atoms with Gasteiger partial charge in [-0.2, -0.15) is 0 Å². The third-order valence-electron chi connectivity index (χ3n) is 5.94. The number of aryl methyl sites for hydroxylation is 2. The first kappa shape index (κ1) is 27.2. The second-order valence-electron chi connectivity index (χ2n) is 8.57. The predicted octanol–water partition coefficient (Wildman–Crippen LogP) is 8.50. The molecule has 0 aliphatic carbocycles. The van der Waals surface area contributed by atoms with Gasteiger partial charge in [-0.3, -0.25) is 4.90 Å². The average molecular weight is 552 g/mol. The number of nitrogens with zero attached hydrogens (tertiary/aromatic N) is 2. The van der Waals surface area contributed by atoms with Crippen LogP contribution in [0.5, 0.6) is 0 Å². The second kappa shape index (κ2) is 12.1. The Hall–Kier alpha value is -2.87. The number of urea groups is 1. The van der Waals surface area contributed by atoms with E-state index in [1.54, 1.807) is 16.7 Å². The largest absolute Gasteiger partial charge is 0.458 e. The Kier molecular flexibility index (Phi) is 8.90. The van der Waals surface area contributed by atoms with Crippen molar-refractivity contribution >= 4 is 57.8 Å². The van der Waals surface area contributed by atoms with Crippen LogP contribution < -0.4 is 10.2 Å². The SMILES string of the molecule is C/C=C/CNC(=O)N(Cc1oc2ccc(C)cc2c1-c1ccc(Cl)cc1)c1c(SC)cc(C)nc1SC. The fraction of sp³-hybridized carbons (Fsp3) is 0.241. The zero-order chi connectivity index (χ0) is 26.5. The van der Waals surface area contributed by atoms with E-state index in [2.05, 4.69) is 18.3 Å². The summed E-state index contributed by atoms with van der Waals surface area (Å²) in [5, 5.41) is 5.49. The van der Waals surface area contributed by atoms with E-state index in [1.165, 1.54) is 11.8 Å². The topological polar surface area (TPSA) is 58.4 Å². The van der Waals surface area contributed by atoms with Crippen LogP contribution in [0.3, 0.4) is 0 Å². The first-order valence-corrected chi connectivity index (χ1v) is 14.7. The third kappa shape index (κ3) is 6.00. The summed E-state index contributed by atoms with van der Waals surface area (Å²) in [6.07, 6.45) is 7.83. The van der Waals surface area contributed by atoms with E-state index in [4.69, 9.17) is 21.0 Å². The molecule has 192 valence electrons. The van der Waals surface area contributed by atoms with Crippen molar-refractivity contribution in [1.29, 1.82) is 0 Å². The molecule has 0 aliphatic rings. The molecule has 0 radical (unpaired) electrons. The number of pyridine rings is 1. The van der Waals surface area contributed by atoms with Gasteiger partial charge in [0.15, 0.2) is 0 Å². The van der Waals surface area contributed by atoms with Gasteiger partial charge in [-0.25, -0.2) is 9.78 Å². The molecule has 0 bridgehead atoms. The molecule has 0 saturated carbocycles. The predicted molar refractivity (Wildman–Crippen MR) is 158 cm³/mol. The number of aromatic nitrogens is 1. The fourth-order valence-corrected chi connectivity index (χ4v) is 5.75. The number of carbonyl (C=O) groups is 1. The number of carbonyl (C=O) groups excluding carboxylic acids is 1. The van der Waals surface area contributed by atoms with Gasteiger partial charge < -0.3 is 9.73 Å². The van der Waals surface area contributed by atoms with Crippen LogP contribution in [-0.4, -0.2) is 30.1 Å². The molecule has 4 aromatic rings. The highest BCUT2D eigenvalue weighted by atomic mass is 35.5. The minimum Gasteiger partial charge on any atom is -0.458 e. The van der Waals surface area contributed by atoms with Gasteiger partial charge in [0.25, 0.3) is 0 Å². The Bertz CT molecular complexity index is 1420. The van der Waals surface area contributed by atoms with Gasteiger partial charge >= 0.3 is 6.03 Å². The molecule has 0 atom stereocenters. The van der Waals surface area contributed by atoms with Crippen molar-refractivity contribution in [2.45, 2.75) is 37.2 Å². The quantitative estimate of drug-likeness (QED) is 0.176. The zero-order valence-corrected chi connectivity index (χ0v) is 24.0. The summed E-state index contributed by atoms with van der Waals surface area (Å²) in [6.45, 7) is 6.63. The molecule has 8 heteroatoms. The highest BCUT2D eigenvalue weighted by Crippen LogP contribution is 2.41. The van der Waals surface area contributed by atoms with E-state index in [0.29, 0.717) is 17.3 Å². The first-order chi connectivity index (χ1) is 17.9. The maximum atomic E-state index is 13.7. The van der Waals surface area contributed by atoms with E-state index in [9.17, 15) is 4.79 Å². The Balaban J connectivity index is 1.91. The highest BCUT2D eigenvalue weighted by Gasteiger charge is 2.27. The number of hydrogen-bond acceptors (Lipinski definition) is 5. The minimum atomic E-state index is -0.215. The summed E-state index contributed by atoms with van der Waals surface area (Å²) in [7, 11) is 0. The van der Waals surface area contributed by atoms with Crippen molar-refractivity contribution in [2.75, 3.05) is 24.0 Å². The molecule has 5 nitrogen and oxygen atoms in total. The van der Waals surface area contributed by atoms with E-state index < -0.39 is 0 Å². The van der Waals surface area contributed by atoms with Crippen molar-refractivity contribution in [3.05, 3.63) is 82.7 Å². The van der Waals surface area contributed by atoms with Crippen molar-refractivity contribution < 1.29 is 9.21 Å². The average Bonchev–Trinajstić information content (AvgIpc) is 3.24. The number of anilines is 1. The number of thioether (sulfide) groups is 2. The lowest BCUT2D eigenvalue weighted by atomic mass is 10.0. The summed E-state index contributed by atoms with van der Waals surface area (Å²) < 4.78 is 6.43. The molecule has 0 unspecified atom stereocenters. The summed E-state index contributed by atoms with van der Waals surface area (Å²) in [5.41, 5.74) is 5.54. The maximum absolute atomic E-state index is 13.7. The Morgan fingerprint density at radius 1 is 1.11 bits per heavy atom. The molecule has 0 aliphatic heterocycles. The number of hydrogen-bond donors (Lipinski definition) is 1. The number of furan rings is 1. The van der Waals surface area contributed by atoms with Crippen molar-refractivity contribution in [2.24, 2.45) is 0 Å². The smallest absolute Gasteiger partial charge is 0.322 e. The minimum absolute atomic E-state index is 0.215. The third-order valence-corrected chi connectivity index (χ3v) is 7.61. The monoisotopic (exact) mass is 551 g/mol. The Morgan fingerprint density at radius 3 is 2.54 bits per heavy atom.